The minimum Gasteiger partial charge on any atom is -0.485 e. The summed E-state index contributed by atoms with van der Waals surface area (Å²) in [5.74, 6) is 1.16. The van der Waals surface area contributed by atoms with Gasteiger partial charge in [0.1, 0.15) is 29.3 Å². The van der Waals surface area contributed by atoms with E-state index in [9.17, 15) is 5.11 Å². The van der Waals surface area contributed by atoms with Gasteiger partial charge in [0.25, 0.3) is 0 Å². The molecule has 1 heterocycles. The maximum Gasteiger partial charge on any atom is 0.132 e. The molecule has 0 spiro atoms. The Morgan fingerprint density at radius 2 is 2.24 bits per heavy atom. The van der Waals surface area contributed by atoms with Crippen LogP contribution in [0.4, 0.5) is 0 Å². The highest BCUT2D eigenvalue weighted by molar-refractivity contribution is 5.78. The number of benzene rings is 1. The molecule has 1 aromatic rings. The van der Waals surface area contributed by atoms with E-state index in [2.05, 4.69) is 16.5 Å². The van der Waals surface area contributed by atoms with Crippen LogP contribution in [-0.4, -0.2) is 29.8 Å². The highest BCUT2D eigenvalue weighted by Gasteiger charge is 2.43. The van der Waals surface area contributed by atoms with Crippen molar-refractivity contribution in [3.05, 3.63) is 29.3 Å². The maximum absolute atomic E-state index is 10.5. The van der Waals surface area contributed by atoms with E-state index in [1.807, 2.05) is 0 Å². The Kier molecular flexibility index (Phi) is 4.16. The second kappa shape index (κ2) is 5.72. The molecule has 0 bridgehead atoms. The van der Waals surface area contributed by atoms with Crippen LogP contribution in [0.3, 0.4) is 0 Å². The summed E-state index contributed by atoms with van der Waals surface area (Å²) in [4.78, 5) is 9.28. The van der Waals surface area contributed by atoms with E-state index in [1.54, 1.807) is 39.0 Å². The number of nitrogens with one attached hydrogen (secondary N) is 1. The predicted octanol–water partition coefficient (Wildman–Crippen LogP) is 1.70. The molecule has 1 aliphatic heterocycles. The Hall–Kier alpha value is -2.10. The van der Waals surface area contributed by atoms with Crippen LogP contribution in [0, 0.1) is 11.3 Å². The van der Waals surface area contributed by atoms with Gasteiger partial charge in [-0.25, -0.2) is 0 Å². The first-order valence-corrected chi connectivity index (χ1v) is 6.63. The van der Waals surface area contributed by atoms with E-state index in [1.165, 1.54) is 7.11 Å². The fraction of sp³-hybridized carbons (Fsp3) is 0.467. The highest BCUT2D eigenvalue weighted by Crippen LogP contribution is 2.42. The van der Waals surface area contributed by atoms with Gasteiger partial charge in [-0.2, -0.15) is 5.26 Å². The van der Waals surface area contributed by atoms with Gasteiger partial charge in [-0.1, -0.05) is 0 Å². The first-order valence-electron chi connectivity index (χ1n) is 6.63. The van der Waals surface area contributed by atoms with Gasteiger partial charge < -0.3 is 9.84 Å². The van der Waals surface area contributed by atoms with Crippen molar-refractivity contribution in [1.82, 2.24) is 5.48 Å². The summed E-state index contributed by atoms with van der Waals surface area (Å²) in [6, 6.07) is 6.68. The lowest BCUT2D eigenvalue weighted by Crippen LogP contribution is -2.48. The molecule has 0 aromatic heterocycles. The molecular weight excluding hydrogens is 270 g/mol. The summed E-state index contributed by atoms with van der Waals surface area (Å²) in [6.45, 7) is 5.35. The zero-order valence-corrected chi connectivity index (χ0v) is 12.5. The molecule has 6 heteroatoms. The van der Waals surface area contributed by atoms with E-state index >= 15 is 0 Å². The molecule has 112 valence electrons. The third-order valence-corrected chi connectivity index (χ3v) is 3.42. The maximum atomic E-state index is 10.5. The molecule has 1 aliphatic rings. The van der Waals surface area contributed by atoms with E-state index in [-0.39, 0.29) is 0 Å². The number of hydrogen-bond acceptors (Lipinski definition) is 5. The van der Waals surface area contributed by atoms with Gasteiger partial charge in [-0.3, -0.25) is 15.3 Å². The summed E-state index contributed by atoms with van der Waals surface area (Å²) in [6.07, 6.45) is -0.840. The molecule has 21 heavy (non-hydrogen) atoms. The number of aliphatic imine (C=N–C) groups is 1. The average molecular weight is 289 g/mol. The molecule has 2 atom stereocenters. The fourth-order valence-electron chi connectivity index (χ4n) is 2.36. The number of hydroxylamine groups is 1. The Balaban J connectivity index is 2.52. The molecule has 0 saturated carbocycles. The topological polar surface area (TPSA) is 86.9 Å². The number of aliphatic hydroxyl groups excluding tert-OH is 1. The van der Waals surface area contributed by atoms with Crippen LogP contribution < -0.4 is 10.2 Å². The van der Waals surface area contributed by atoms with Gasteiger partial charge >= 0.3 is 0 Å². The van der Waals surface area contributed by atoms with Crippen molar-refractivity contribution in [3.63, 3.8) is 0 Å². The molecule has 0 unspecified atom stereocenters. The van der Waals surface area contributed by atoms with Crippen LogP contribution in [0.5, 0.6) is 5.75 Å². The number of nitrogens with zero attached hydrogens (tertiary/aromatic N) is 2. The van der Waals surface area contributed by atoms with Crippen LogP contribution in [0.1, 0.15) is 37.9 Å². The van der Waals surface area contributed by atoms with Gasteiger partial charge in [0.15, 0.2) is 0 Å². The Labute approximate surface area is 124 Å². The highest BCUT2D eigenvalue weighted by atomic mass is 16.6. The van der Waals surface area contributed by atoms with Crippen LogP contribution in [0.25, 0.3) is 0 Å². The second-order valence-electron chi connectivity index (χ2n) is 5.48. The molecule has 0 fully saturated rings. The lowest BCUT2D eigenvalue weighted by molar-refractivity contribution is -0.0568. The van der Waals surface area contributed by atoms with E-state index < -0.39 is 17.7 Å². The van der Waals surface area contributed by atoms with Crippen molar-refractivity contribution < 1.29 is 14.7 Å². The van der Waals surface area contributed by atoms with Crippen molar-refractivity contribution in [1.29, 1.82) is 5.26 Å². The van der Waals surface area contributed by atoms with Crippen molar-refractivity contribution in [2.45, 2.75) is 38.5 Å². The zero-order chi connectivity index (χ0) is 15.6. The second-order valence-corrected chi connectivity index (χ2v) is 5.48. The Morgan fingerprint density at radius 1 is 1.52 bits per heavy atom. The van der Waals surface area contributed by atoms with Gasteiger partial charge in [0, 0.05) is 5.56 Å². The quantitative estimate of drug-likeness (QED) is 0.491. The van der Waals surface area contributed by atoms with Crippen molar-refractivity contribution in [2.24, 2.45) is 4.99 Å². The average Bonchev–Trinajstić information content (AvgIpc) is 2.43. The van der Waals surface area contributed by atoms with Crippen LogP contribution in [0.2, 0.25) is 0 Å². The summed E-state index contributed by atoms with van der Waals surface area (Å²) in [5.41, 5.74) is 3.05. The molecule has 2 N–H and O–H groups in total. The molecule has 1 aromatic carbocycles. The Bertz CT molecular complexity index is 605. The molecule has 6 nitrogen and oxygen atoms in total. The number of fused-ring (bicyclic) bond motifs is 1. The lowest BCUT2D eigenvalue weighted by Gasteiger charge is -2.40. The molecular formula is C15H19N3O3. The molecule has 0 amide bonds. The van der Waals surface area contributed by atoms with Crippen molar-refractivity contribution in [3.8, 4) is 11.8 Å². The number of hydrogen-bond donors (Lipinski definition) is 2. The Morgan fingerprint density at radius 3 is 2.86 bits per heavy atom. The first-order chi connectivity index (χ1) is 9.89. The molecule has 0 aliphatic carbocycles. The van der Waals surface area contributed by atoms with Crippen LogP contribution in [0.15, 0.2) is 23.2 Å². The number of nitriles is 1. The lowest BCUT2D eigenvalue weighted by atomic mass is 9.86. The number of aliphatic hydroxyl groups is 1. The van der Waals surface area contributed by atoms with Crippen molar-refractivity contribution >= 4 is 5.84 Å². The summed E-state index contributed by atoms with van der Waals surface area (Å²) >= 11 is 0. The molecule has 0 saturated heterocycles. The van der Waals surface area contributed by atoms with Gasteiger partial charge in [0.2, 0.25) is 0 Å². The normalized spacial score (nSPS) is 23.7. The monoisotopic (exact) mass is 289 g/mol. The molecule has 2 rings (SSSR count). The third kappa shape index (κ3) is 2.99. The zero-order valence-electron chi connectivity index (χ0n) is 12.5. The van der Waals surface area contributed by atoms with Crippen molar-refractivity contribution in [2.75, 3.05) is 7.11 Å². The minimum atomic E-state index is -0.840. The summed E-state index contributed by atoms with van der Waals surface area (Å²) in [7, 11) is 1.49. The van der Waals surface area contributed by atoms with Crippen LogP contribution in [-0.2, 0) is 4.84 Å². The molecule has 0 radical (unpaired) electrons. The van der Waals surface area contributed by atoms with Gasteiger partial charge in [-0.15, -0.1) is 0 Å². The number of amidine groups is 1. The summed E-state index contributed by atoms with van der Waals surface area (Å²) in [5, 5.41) is 19.6. The van der Waals surface area contributed by atoms with E-state index in [0.717, 1.165) is 0 Å². The number of rotatable bonds is 2. The predicted molar refractivity (Wildman–Crippen MR) is 77.9 cm³/mol. The van der Waals surface area contributed by atoms with E-state index in [0.29, 0.717) is 22.7 Å². The summed E-state index contributed by atoms with van der Waals surface area (Å²) < 4.78 is 5.82. The standard InChI is InChI=1S/C15H19N3O3/c1-9(18-20-4)17-13-11-7-10(8-16)5-6-12(11)21-15(2,3)14(13)19/h5-7,13-14,19H,1-4H3,(H,17,18)/t13-,14+/m0/s1. The fourth-order valence-corrected chi connectivity index (χ4v) is 2.36. The minimum absolute atomic E-state index is 0.502. The van der Waals surface area contributed by atoms with E-state index in [4.69, 9.17) is 14.8 Å². The number of ether oxygens (including phenoxy) is 1. The largest absolute Gasteiger partial charge is 0.485 e. The van der Waals surface area contributed by atoms with Gasteiger partial charge in [-0.05, 0) is 39.0 Å². The SMILES string of the molecule is CONC(C)=N[C@H]1c2cc(C#N)ccc2OC(C)(C)[C@@H]1O. The first kappa shape index (κ1) is 15.3. The van der Waals surface area contributed by atoms with Gasteiger partial charge in [0.05, 0.1) is 18.7 Å². The smallest absolute Gasteiger partial charge is 0.132 e. The third-order valence-electron chi connectivity index (χ3n) is 3.42. The van der Waals surface area contributed by atoms with Crippen LogP contribution >= 0.6 is 0 Å².